The standard InChI is InChI=1S/C20H25NO3/c1-15(16-8-10-18(11-9-16)20(23)24-2)12-13-21-14-19(22)17-6-4-3-5-7-17/h3-11,15,19,21-22H,12-14H2,1-2H3/t15-,19?/m1/s1. The minimum Gasteiger partial charge on any atom is -0.465 e. The van der Waals surface area contributed by atoms with Crippen molar-refractivity contribution in [2.75, 3.05) is 20.2 Å². The number of rotatable bonds is 8. The van der Waals surface area contributed by atoms with E-state index in [1.807, 2.05) is 42.5 Å². The van der Waals surface area contributed by atoms with Crippen LogP contribution >= 0.6 is 0 Å². The monoisotopic (exact) mass is 327 g/mol. The van der Waals surface area contributed by atoms with Gasteiger partial charge in [-0.05, 0) is 42.1 Å². The molecule has 0 spiro atoms. The molecular weight excluding hydrogens is 302 g/mol. The number of carbonyl (C=O) groups is 1. The Bertz CT molecular complexity index is 625. The van der Waals surface area contributed by atoms with Crippen LogP contribution < -0.4 is 5.32 Å². The molecule has 0 radical (unpaired) electrons. The predicted molar refractivity (Wildman–Crippen MR) is 95.1 cm³/mol. The zero-order valence-corrected chi connectivity index (χ0v) is 14.2. The van der Waals surface area contributed by atoms with E-state index in [0.717, 1.165) is 18.5 Å². The third-order valence-electron chi connectivity index (χ3n) is 4.18. The molecule has 2 atom stereocenters. The molecule has 0 saturated carbocycles. The van der Waals surface area contributed by atoms with Gasteiger partial charge < -0.3 is 15.2 Å². The van der Waals surface area contributed by atoms with Gasteiger partial charge in [0.25, 0.3) is 0 Å². The highest BCUT2D eigenvalue weighted by Crippen LogP contribution is 2.19. The first-order chi connectivity index (χ1) is 11.6. The summed E-state index contributed by atoms with van der Waals surface area (Å²) in [7, 11) is 1.38. The van der Waals surface area contributed by atoms with Gasteiger partial charge in [0.15, 0.2) is 0 Å². The SMILES string of the molecule is COC(=O)c1ccc([C@H](C)CCNCC(O)c2ccccc2)cc1. The lowest BCUT2D eigenvalue weighted by Crippen LogP contribution is -2.23. The van der Waals surface area contributed by atoms with Gasteiger partial charge in [0.1, 0.15) is 0 Å². The molecule has 0 aliphatic carbocycles. The number of hydrogen-bond donors (Lipinski definition) is 2. The van der Waals surface area contributed by atoms with Gasteiger partial charge in [-0.2, -0.15) is 0 Å². The quantitative estimate of drug-likeness (QED) is 0.577. The van der Waals surface area contributed by atoms with Gasteiger partial charge >= 0.3 is 5.97 Å². The summed E-state index contributed by atoms with van der Waals surface area (Å²) in [5.74, 6) is 0.0591. The molecule has 0 bridgehead atoms. The molecule has 0 fully saturated rings. The van der Waals surface area contributed by atoms with Crippen molar-refractivity contribution in [2.24, 2.45) is 0 Å². The highest BCUT2D eigenvalue weighted by molar-refractivity contribution is 5.89. The zero-order valence-electron chi connectivity index (χ0n) is 14.2. The van der Waals surface area contributed by atoms with Crippen molar-refractivity contribution in [3.05, 3.63) is 71.3 Å². The molecule has 128 valence electrons. The van der Waals surface area contributed by atoms with Gasteiger partial charge in [-0.15, -0.1) is 0 Å². The number of nitrogens with one attached hydrogen (secondary N) is 1. The molecule has 2 N–H and O–H groups in total. The van der Waals surface area contributed by atoms with Crippen LogP contribution in [-0.4, -0.2) is 31.3 Å². The number of benzene rings is 2. The fraction of sp³-hybridized carbons (Fsp3) is 0.350. The maximum Gasteiger partial charge on any atom is 0.337 e. The summed E-state index contributed by atoms with van der Waals surface area (Å²) < 4.78 is 4.70. The zero-order chi connectivity index (χ0) is 17.4. The molecule has 0 aliphatic rings. The Balaban J connectivity index is 1.75. The van der Waals surface area contributed by atoms with Gasteiger partial charge in [0, 0.05) is 6.54 Å². The van der Waals surface area contributed by atoms with Crippen LogP contribution in [0.3, 0.4) is 0 Å². The Morgan fingerprint density at radius 2 is 1.75 bits per heavy atom. The smallest absolute Gasteiger partial charge is 0.337 e. The van der Waals surface area contributed by atoms with Crippen molar-refractivity contribution in [1.29, 1.82) is 0 Å². The molecule has 0 amide bonds. The number of carbonyl (C=O) groups excluding carboxylic acids is 1. The highest BCUT2D eigenvalue weighted by Gasteiger charge is 2.10. The predicted octanol–water partition coefficient (Wildman–Crippen LogP) is 3.29. The van der Waals surface area contributed by atoms with E-state index in [1.165, 1.54) is 12.7 Å². The van der Waals surface area contributed by atoms with Crippen LogP contribution in [0.1, 0.15) is 46.9 Å². The third kappa shape index (κ3) is 5.18. The second kappa shape index (κ2) is 9.21. The summed E-state index contributed by atoms with van der Waals surface area (Å²) in [6.07, 6.45) is 0.472. The molecule has 0 aromatic heterocycles. The summed E-state index contributed by atoms with van der Waals surface area (Å²) in [4.78, 5) is 11.4. The van der Waals surface area contributed by atoms with Crippen molar-refractivity contribution in [3.8, 4) is 0 Å². The second-order valence-electron chi connectivity index (χ2n) is 5.93. The molecule has 0 aliphatic heterocycles. The first-order valence-corrected chi connectivity index (χ1v) is 8.24. The molecule has 4 nitrogen and oxygen atoms in total. The highest BCUT2D eigenvalue weighted by atomic mass is 16.5. The van der Waals surface area contributed by atoms with Crippen molar-refractivity contribution >= 4 is 5.97 Å². The summed E-state index contributed by atoms with van der Waals surface area (Å²) in [6, 6.07) is 17.2. The summed E-state index contributed by atoms with van der Waals surface area (Å²) in [5.41, 5.74) is 2.68. The molecular formula is C20H25NO3. The van der Waals surface area contributed by atoms with E-state index in [9.17, 15) is 9.90 Å². The Kier molecular flexibility index (Phi) is 6.97. The number of methoxy groups -OCH3 is 1. The molecule has 1 unspecified atom stereocenters. The molecule has 2 aromatic carbocycles. The Hall–Kier alpha value is -2.17. The molecule has 2 rings (SSSR count). The van der Waals surface area contributed by atoms with Crippen molar-refractivity contribution in [2.45, 2.75) is 25.4 Å². The topological polar surface area (TPSA) is 58.6 Å². The largest absolute Gasteiger partial charge is 0.465 e. The minimum absolute atomic E-state index is 0.314. The van der Waals surface area contributed by atoms with Crippen LogP contribution in [0.2, 0.25) is 0 Å². The maximum absolute atomic E-state index is 11.4. The number of ether oxygens (including phenoxy) is 1. The normalized spacial score (nSPS) is 13.3. The lowest BCUT2D eigenvalue weighted by atomic mass is 9.96. The maximum atomic E-state index is 11.4. The molecule has 4 heteroatoms. The Morgan fingerprint density at radius 1 is 1.08 bits per heavy atom. The fourth-order valence-electron chi connectivity index (χ4n) is 2.58. The number of hydrogen-bond acceptors (Lipinski definition) is 4. The first-order valence-electron chi connectivity index (χ1n) is 8.24. The van der Waals surface area contributed by atoms with E-state index in [-0.39, 0.29) is 5.97 Å². The number of esters is 1. The van der Waals surface area contributed by atoms with Crippen molar-refractivity contribution < 1.29 is 14.6 Å². The van der Waals surface area contributed by atoms with E-state index in [0.29, 0.717) is 18.0 Å². The lowest BCUT2D eigenvalue weighted by molar-refractivity contribution is 0.0600. The molecule has 0 heterocycles. The Labute approximate surface area is 143 Å². The van der Waals surface area contributed by atoms with Crippen molar-refractivity contribution in [3.63, 3.8) is 0 Å². The van der Waals surface area contributed by atoms with Crippen LogP contribution in [0.4, 0.5) is 0 Å². The molecule has 24 heavy (non-hydrogen) atoms. The second-order valence-corrected chi connectivity index (χ2v) is 5.93. The van der Waals surface area contributed by atoms with Gasteiger partial charge in [-0.1, -0.05) is 49.4 Å². The third-order valence-corrected chi connectivity index (χ3v) is 4.18. The van der Waals surface area contributed by atoms with E-state index < -0.39 is 6.10 Å². The van der Waals surface area contributed by atoms with Crippen LogP contribution in [0.25, 0.3) is 0 Å². The van der Waals surface area contributed by atoms with Gasteiger partial charge in [-0.3, -0.25) is 0 Å². The Morgan fingerprint density at radius 3 is 2.38 bits per heavy atom. The molecule has 0 saturated heterocycles. The fourth-order valence-corrected chi connectivity index (χ4v) is 2.58. The van der Waals surface area contributed by atoms with Crippen LogP contribution in [0.5, 0.6) is 0 Å². The summed E-state index contributed by atoms with van der Waals surface area (Å²) >= 11 is 0. The van der Waals surface area contributed by atoms with E-state index in [1.54, 1.807) is 12.1 Å². The number of aliphatic hydroxyl groups is 1. The van der Waals surface area contributed by atoms with Gasteiger partial charge in [0.05, 0.1) is 18.8 Å². The summed E-state index contributed by atoms with van der Waals surface area (Å²) in [5, 5.41) is 13.4. The number of aliphatic hydroxyl groups excluding tert-OH is 1. The van der Waals surface area contributed by atoms with E-state index in [2.05, 4.69) is 12.2 Å². The van der Waals surface area contributed by atoms with Gasteiger partial charge in [0.2, 0.25) is 0 Å². The van der Waals surface area contributed by atoms with Crippen LogP contribution in [0.15, 0.2) is 54.6 Å². The molecule has 2 aromatic rings. The lowest BCUT2D eigenvalue weighted by Gasteiger charge is -2.15. The van der Waals surface area contributed by atoms with E-state index >= 15 is 0 Å². The minimum atomic E-state index is -0.485. The summed E-state index contributed by atoms with van der Waals surface area (Å²) in [6.45, 7) is 3.52. The van der Waals surface area contributed by atoms with Crippen LogP contribution in [0, 0.1) is 0 Å². The average Bonchev–Trinajstić information content (AvgIpc) is 2.65. The van der Waals surface area contributed by atoms with E-state index in [4.69, 9.17) is 4.74 Å². The van der Waals surface area contributed by atoms with Crippen molar-refractivity contribution in [1.82, 2.24) is 5.32 Å². The first kappa shape index (κ1) is 18.2. The van der Waals surface area contributed by atoms with Gasteiger partial charge in [-0.25, -0.2) is 4.79 Å². The average molecular weight is 327 g/mol. The van der Waals surface area contributed by atoms with Crippen LogP contribution in [-0.2, 0) is 4.74 Å².